The van der Waals surface area contributed by atoms with E-state index in [2.05, 4.69) is 10.1 Å². The van der Waals surface area contributed by atoms with Crippen molar-refractivity contribution in [1.82, 2.24) is 19.7 Å². The summed E-state index contributed by atoms with van der Waals surface area (Å²) in [6, 6.07) is 17.2. The molecule has 33 heavy (non-hydrogen) atoms. The summed E-state index contributed by atoms with van der Waals surface area (Å²) in [6.07, 6.45) is 5.12. The van der Waals surface area contributed by atoms with Crippen molar-refractivity contribution >= 4 is 39.1 Å². The molecule has 0 N–H and O–H groups in total. The van der Waals surface area contributed by atoms with Gasteiger partial charge in [0.05, 0.1) is 29.9 Å². The van der Waals surface area contributed by atoms with E-state index in [-0.39, 0.29) is 5.91 Å². The van der Waals surface area contributed by atoms with Crippen LogP contribution in [0.15, 0.2) is 77.7 Å². The molecular formula is C25H21ClN4O2S. The van der Waals surface area contributed by atoms with E-state index in [9.17, 15) is 4.79 Å². The van der Waals surface area contributed by atoms with Crippen LogP contribution < -0.4 is 0 Å². The normalized spacial score (nSPS) is 11.2. The number of nitrogens with zero attached hydrogens (tertiary/aromatic N) is 4. The van der Waals surface area contributed by atoms with Crippen LogP contribution in [0.25, 0.3) is 10.2 Å². The van der Waals surface area contributed by atoms with Gasteiger partial charge in [0.15, 0.2) is 0 Å². The number of hydrogen-bond acceptors (Lipinski definition) is 5. The fourth-order valence-corrected chi connectivity index (χ4v) is 5.10. The minimum absolute atomic E-state index is 0.0554. The summed E-state index contributed by atoms with van der Waals surface area (Å²) >= 11 is 7.81. The van der Waals surface area contributed by atoms with Gasteiger partial charge in [-0.05, 0) is 48.4 Å². The Morgan fingerprint density at radius 1 is 1.15 bits per heavy atom. The van der Waals surface area contributed by atoms with Gasteiger partial charge in [-0.1, -0.05) is 35.9 Å². The third-order valence-corrected chi connectivity index (χ3v) is 6.91. The molecule has 6 nitrogen and oxygen atoms in total. The van der Waals surface area contributed by atoms with Gasteiger partial charge in [-0.15, -0.1) is 11.3 Å². The number of rotatable bonds is 7. The average molecular weight is 477 g/mol. The quantitative estimate of drug-likeness (QED) is 0.291. The summed E-state index contributed by atoms with van der Waals surface area (Å²) in [5.41, 5.74) is 2.83. The fourth-order valence-electron chi connectivity index (χ4n) is 3.77. The maximum absolute atomic E-state index is 13.6. The van der Waals surface area contributed by atoms with Gasteiger partial charge in [-0.2, -0.15) is 5.10 Å². The number of benzene rings is 1. The molecule has 0 spiro atoms. The number of aromatic nitrogens is 3. The number of furan rings is 1. The minimum Gasteiger partial charge on any atom is -0.467 e. The molecule has 0 bridgehead atoms. The molecule has 0 aliphatic carbocycles. The zero-order chi connectivity index (χ0) is 22.8. The molecule has 1 aromatic carbocycles. The van der Waals surface area contributed by atoms with Crippen LogP contribution in [0.5, 0.6) is 0 Å². The molecule has 5 aromatic rings. The Balaban J connectivity index is 1.47. The van der Waals surface area contributed by atoms with Gasteiger partial charge in [0.1, 0.15) is 10.6 Å². The fraction of sp³-hybridized carbons (Fsp3) is 0.160. The molecule has 0 aliphatic heterocycles. The first-order valence-electron chi connectivity index (χ1n) is 10.5. The smallest absolute Gasteiger partial charge is 0.264 e. The van der Waals surface area contributed by atoms with Crippen LogP contribution in [0.4, 0.5) is 0 Å². The van der Waals surface area contributed by atoms with Crippen molar-refractivity contribution in [2.45, 2.75) is 26.6 Å². The van der Waals surface area contributed by atoms with Gasteiger partial charge in [0.25, 0.3) is 5.91 Å². The second-order valence-corrected chi connectivity index (χ2v) is 9.20. The van der Waals surface area contributed by atoms with Crippen molar-refractivity contribution in [2.24, 2.45) is 0 Å². The Labute approximate surface area is 200 Å². The highest BCUT2D eigenvalue weighted by atomic mass is 35.5. The van der Waals surface area contributed by atoms with Crippen LogP contribution in [0.1, 0.15) is 32.3 Å². The van der Waals surface area contributed by atoms with E-state index in [0.717, 1.165) is 32.8 Å². The Morgan fingerprint density at radius 2 is 2.03 bits per heavy atom. The van der Waals surface area contributed by atoms with Crippen LogP contribution in [0.2, 0.25) is 5.02 Å². The van der Waals surface area contributed by atoms with Crippen LogP contribution in [-0.2, 0) is 19.6 Å². The molecule has 4 aromatic heterocycles. The minimum atomic E-state index is -0.0554. The molecule has 0 fully saturated rings. The summed E-state index contributed by atoms with van der Waals surface area (Å²) in [7, 11) is 0. The first-order valence-corrected chi connectivity index (χ1v) is 11.7. The van der Waals surface area contributed by atoms with E-state index < -0.39 is 0 Å². The van der Waals surface area contributed by atoms with Crippen molar-refractivity contribution in [3.63, 3.8) is 0 Å². The highest BCUT2D eigenvalue weighted by Gasteiger charge is 2.23. The molecule has 0 atom stereocenters. The second-order valence-electron chi connectivity index (χ2n) is 7.77. The zero-order valence-corrected chi connectivity index (χ0v) is 19.5. The number of aryl methyl sites for hydroxylation is 1. The van der Waals surface area contributed by atoms with Gasteiger partial charge in [-0.3, -0.25) is 14.5 Å². The monoisotopic (exact) mass is 476 g/mol. The number of fused-ring (bicyclic) bond motifs is 1. The number of hydrogen-bond donors (Lipinski definition) is 0. The number of pyridine rings is 1. The summed E-state index contributed by atoms with van der Waals surface area (Å²) in [4.78, 5) is 21.2. The lowest BCUT2D eigenvalue weighted by atomic mass is 10.2. The lowest BCUT2D eigenvalue weighted by molar-refractivity contribution is 0.0722. The van der Waals surface area contributed by atoms with Crippen LogP contribution >= 0.6 is 22.9 Å². The molecule has 0 unspecified atom stereocenters. The first kappa shape index (κ1) is 21.4. The first-order chi connectivity index (χ1) is 16.1. The number of thiophene rings is 1. The van der Waals surface area contributed by atoms with Crippen molar-refractivity contribution in [1.29, 1.82) is 0 Å². The van der Waals surface area contributed by atoms with Crippen molar-refractivity contribution in [2.75, 3.05) is 0 Å². The molecule has 1 amide bonds. The number of halogens is 1. The highest BCUT2D eigenvalue weighted by molar-refractivity contribution is 7.20. The van der Waals surface area contributed by atoms with E-state index in [1.54, 1.807) is 23.6 Å². The Hall–Kier alpha value is -3.42. The van der Waals surface area contributed by atoms with Gasteiger partial charge in [0, 0.05) is 29.3 Å². The largest absolute Gasteiger partial charge is 0.467 e. The summed E-state index contributed by atoms with van der Waals surface area (Å²) in [5, 5.41) is 6.36. The van der Waals surface area contributed by atoms with Crippen LogP contribution in [0.3, 0.4) is 0 Å². The molecule has 4 heterocycles. The van der Waals surface area contributed by atoms with Gasteiger partial charge >= 0.3 is 0 Å². The maximum atomic E-state index is 13.6. The molecule has 0 radical (unpaired) electrons. The van der Waals surface area contributed by atoms with Gasteiger partial charge < -0.3 is 9.32 Å². The summed E-state index contributed by atoms with van der Waals surface area (Å²) in [6.45, 7) is 3.32. The third-order valence-electron chi connectivity index (χ3n) is 5.41. The van der Waals surface area contributed by atoms with Crippen LogP contribution in [-0.4, -0.2) is 25.6 Å². The molecule has 166 valence electrons. The van der Waals surface area contributed by atoms with Crippen molar-refractivity contribution in [3.8, 4) is 0 Å². The van der Waals surface area contributed by atoms with Gasteiger partial charge in [0.2, 0.25) is 0 Å². The number of carbonyl (C=O) groups is 1. The van der Waals surface area contributed by atoms with E-state index in [1.165, 1.54) is 11.3 Å². The molecular weight excluding hydrogens is 456 g/mol. The average Bonchev–Trinajstić information content (AvgIpc) is 3.55. The summed E-state index contributed by atoms with van der Waals surface area (Å²) < 4.78 is 7.44. The molecule has 0 saturated heterocycles. The predicted molar refractivity (Wildman–Crippen MR) is 129 cm³/mol. The van der Waals surface area contributed by atoms with Crippen molar-refractivity contribution < 1.29 is 9.21 Å². The van der Waals surface area contributed by atoms with E-state index in [1.807, 2.05) is 66.2 Å². The van der Waals surface area contributed by atoms with Crippen molar-refractivity contribution in [3.05, 3.63) is 106 Å². The number of amides is 1. The number of carbonyl (C=O) groups excluding carboxylic acids is 1. The lowest BCUT2D eigenvalue weighted by Crippen LogP contribution is -2.29. The van der Waals surface area contributed by atoms with Gasteiger partial charge in [-0.25, -0.2) is 0 Å². The summed E-state index contributed by atoms with van der Waals surface area (Å²) in [5.74, 6) is 0.676. The zero-order valence-electron chi connectivity index (χ0n) is 17.9. The Bertz CT molecular complexity index is 1390. The van der Waals surface area contributed by atoms with E-state index >= 15 is 0 Å². The molecule has 5 rings (SSSR count). The molecule has 8 heteroatoms. The maximum Gasteiger partial charge on any atom is 0.264 e. The second kappa shape index (κ2) is 9.21. The Morgan fingerprint density at radius 3 is 2.79 bits per heavy atom. The predicted octanol–water partition coefficient (Wildman–Crippen LogP) is 5.94. The molecule has 0 saturated carbocycles. The topological polar surface area (TPSA) is 64.2 Å². The SMILES string of the molecule is Cc1nn(Cc2ccccc2Cl)c2sc(C(=O)N(Cc3cccnc3)Cc3ccco3)cc12. The lowest BCUT2D eigenvalue weighted by Gasteiger charge is -2.21. The van der Waals surface area contributed by atoms with Crippen LogP contribution in [0, 0.1) is 6.92 Å². The third kappa shape index (κ3) is 4.55. The van der Waals surface area contributed by atoms with E-state index in [0.29, 0.717) is 29.5 Å². The molecule has 0 aliphatic rings. The van der Waals surface area contributed by atoms with E-state index in [4.69, 9.17) is 16.0 Å². The standard InChI is InChI=1S/C25H21ClN4O2S/c1-17-21-12-23(33-25(21)30(28-17)15-19-7-2-3-9-22(19)26)24(31)29(16-20-8-5-11-32-20)14-18-6-4-10-27-13-18/h2-13H,14-16H2,1H3. The highest BCUT2D eigenvalue weighted by Crippen LogP contribution is 2.31. The Kier molecular flexibility index (Phi) is 5.98.